The molecule has 0 saturated heterocycles. The number of carbonyl (C=O) groups is 3. The van der Waals surface area contributed by atoms with Gasteiger partial charge in [0.05, 0.1) is 12.2 Å². The molecule has 1 heterocycles. The summed E-state index contributed by atoms with van der Waals surface area (Å²) >= 11 is 0. The lowest BCUT2D eigenvalue weighted by molar-refractivity contribution is -0.122. The van der Waals surface area contributed by atoms with Crippen molar-refractivity contribution in [2.75, 3.05) is 11.9 Å². The minimum atomic E-state index is -1.13. The molecule has 0 atom stereocenters. The van der Waals surface area contributed by atoms with E-state index in [1.54, 1.807) is 6.92 Å². The Morgan fingerprint density at radius 1 is 1.41 bits per heavy atom. The van der Waals surface area contributed by atoms with Crippen LogP contribution >= 0.6 is 0 Å². The highest BCUT2D eigenvalue weighted by Gasteiger charge is 2.16. The molecule has 0 aliphatic heterocycles. The van der Waals surface area contributed by atoms with Gasteiger partial charge in [0.1, 0.15) is 5.56 Å². The van der Waals surface area contributed by atoms with Gasteiger partial charge in [-0.25, -0.2) is 4.79 Å². The molecule has 92 valence electrons. The number of aromatic nitrogens is 1. The van der Waals surface area contributed by atoms with Gasteiger partial charge in [-0.2, -0.15) is 0 Å². The fourth-order valence-electron chi connectivity index (χ4n) is 1.30. The summed E-state index contributed by atoms with van der Waals surface area (Å²) in [6, 6.07) is 0. The smallest absolute Gasteiger partial charge is 0.339 e. The number of amides is 2. The molecule has 7 heteroatoms. The third-order valence-electron chi connectivity index (χ3n) is 2.06. The topological polar surface area (TPSA) is 111 Å². The van der Waals surface area contributed by atoms with Gasteiger partial charge in [-0.1, -0.05) is 0 Å². The first-order valence-electron chi connectivity index (χ1n) is 4.87. The Balaban J connectivity index is 2.72. The van der Waals surface area contributed by atoms with E-state index in [1.165, 1.54) is 13.1 Å². The Hall–Kier alpha value is -2.31. The van der Waals surface area contributed by atoms with Crippen LogP contribution in [-0.4, -0.2) is 34.4 Å². The van der Waals surface area contributed by atoms with Crippen molar-refractivity contribution < 1.29 is 19.5 Å². The van der Waals surface area contributed by atoms with E-state index >= 15 is 0 Å². The number of H-pyrrole nitrogens is 1. The molecule has 0 aliphatic carbocycles. The maximum Gasteiger partial charge on any atom is 0.339 e. The predicted octanol–water partition coefficient (Wildman–Crippen LogP) is 0.0959. The zero-order chi connectivity index (χ0) is 13.0. The molecule has 0 unspecified atom stereocenters. The summed E-state index contributed by atoms with van der Waals surface area (Å²) < 4.78 is 0. The fourth-order valence-corrected chi connectivity index (χ4v) is 1.30. The zero-order valence-electron chi connectivity index (χ0n) is 9.46. The number of hydrogen-bond acceptors (Lipinski definition) is 3. The van der Waals surface area contributed by atoms with Crippen LogP contribution in [0, 0.1) is 6.92 Å². The van der Waals surface area contributed by atoms with Crippen molar-refractivity contribution in [2.24, 2.45) is 0 Å². The van der Waals surface area contributed by atoms with Gasteiger partial charge in [-0.15, -0.1) is 0 Å². The third-order valence-corrected chi connectivity index (χ3v) is 2.06. The average Bonchev–Trinajstić information content (AvgIpc) is 2.56. The monoisotopic (exact) mass is 239 g/mol. The minimum absolute atomic E-state index is 0.0150. The summed E-state index contributed by atoms with van der Waals surface area (Å²) in [4.78, 5) is 35.6. The van der Waals surface area contributed by atoms with Gasteiger partial charge in [0.25, 0.3) is 0 Å². The lowest BCUT2D eigenvalue weighted by Gasteiger charge is -2.05. The van der Waals surface area contributed by atoms with Crippen LogP contribution in [0.5, 0.6) is 0 Å². The summed E-state index contributed by atoms with van der Waals surface area (Å²) in [6.07, 6.45) is 1.39. The zero-order valence-corrected chi connectivity index (χ0v) is 9.46. The Kier molecular flexibility index (Phi) is 3.86. The molecule has 0 aromatic carbocycles. The molecule has 0 aliphatic rings. The van der Waals surface area contributed by atoms with E-state index in [9.17, 15) is 14.4 Å². The number of carboxylic acid groups (broad SMARTS) is 1. The Labute approximate surface area is 97.2 Å². The van der Waals surface area contributed by atoms with Gasteiger partial charge in [0.2, 0.25) is 11.8 Å². The molecule has 17 heavy (non-hydrogen) atoms. The molecule has 1 aromatic heterocycles. The van der Waals surface area contributed by atoms with E-state index in [0.29, 0.717) is 5.69 Å². The Morgan fingerprint density at radius 3 is 2.59 bits per heavy atom. The van der Waals surface area contributed by atoms with Crippen molar-refractivity contribution in [1.29, 1.82) is 0 Å². The number of aromatic amines is 1. The fraction of sp³-hybridized carbons (Fsp3) is 0.300. The molecule has 0 radical (unpaired) electrons. The molecule has 1 aromatic rings. The number of rotatable bonds is 4. The molecule has 2 amide bonds. The maximum absolute atomic E-state index is 11.4. The first-order valence-corrected chi connectivity index (χ1v) is 4.87. The van der Waals surface area contributed by atoms with Gasteiger partial charge in [0.15, 0.2) is 0 Å². The second-order valence-electron chi connectivity index (χ2n) is 3.47. The Morgan fingerprint density at radius 2 is 2.06 bits per heavy atom. The van der Waals surface area contributed by atoms with Crippen molar-refractivity contribution in [3.8, 4) is 0 Å². The predicted molar refractivity (Wildman–Crippen MR) is 59.8 cm³/mol. The van der Waals surface area contributed by atoms with E-state index in [1.807, 2.05) is 0 Å². The van der Waals surface area contributed by atoms with Gasteiger partial charge < -0.3 is 20.7 Å². The molecule has 4 N–H and O–H groups in total. The molecule has 0 bridgehead atoms. The van der Waals surface area contributed by atoms with Gasteiger partial charge in [0, 0.05) is 18.8 Å². The molecule has 0 spiro atoms. The molecular formula is C10H13N3O4. The van der Waals surface area contributed by atoms with Crippen LogP contribution in [0.15, 0.2) is 6.20 Å². The second kappa shape index (κ2) is 5.15. The number of carboxylic acids is 1. The van der Waals surface area contributed by atoms with E-state index in [4.69, 9.17) is 5.11 Å². The molecular weight excluding hydrogens is 226 g/mol. The van der Waals surface area contributed by atoms with Gasteiger partial charge >= 0.3 is 5.97 Å². The highest BCUT2D eigenvalue weighted by Crippen LogP contribution is 2.18. The van der Waals surface area contributed by atoms with Gasteiger partial charge in [-0.05, 0) is 6.92 Å². The average molecular weight is 239 g/mol. The van der Waals surface area contributed by atoms with Crippen LogP contribution in [0.2, 0.25) is 0 Å². The van der Waals surface area contributed by atoms with Crippen LogP contribution in [0.1, 0.15) is 23.0 Å². The number of aryl methyl sites for hydroxylation is 1. The van der Waals surface area contributed by atoms with Crippen LogP contribution in [0.3, 0.4) is 0 Å². The van der Waals surface area contributed by atoms with Crippen molar-refractivity contribution in [3.63, 3.8) is 0 Å². The summed E-state index contributed by atoms with van der Waals surface area (Å²) in [5.41, 5.74) is 0.652. The third kappa shape index (κ3) is 3.33. The number of aromatic carboxylic acids is 1. The Bertz CT molecular complexity index is 464. The molecule has 7 nitrogen and oxygen atoms in total. The van der Waals surface area contributed by atoms with Crippen molar-refractivity contribution in [2.45, 2.75) is 13.8 Å². The van der Waals surface area contributed by atoms with Crippen LogP contribution < -0.4 is 10.6 Å². The van der Waals surface area contributed by atoms with E-state index in [0.717, 1.165) is 0 Å². The SMILES string of the molecule is CC(=O)NCC(=O)Nc1c[nH]c(C)c1C(=O)O. The second-order valence-corrected chi connectivity index (χ2v) is 3.47. The number of hydrogen-bond donors (Lipinski definition) is 4. The molecule has 1 rings (SSSR count). The lowest BCUT2D eigenvalue weighted by Crippen LogP contribution is -2.31. The van der Waals surface area contributed by atoms with E-state index in [2.05, 4.69) is 15.6 Å². The lowest BCUT2D eigenvalue weighted by atomic mass is 10.2. The summed E-state index contributed by atoms with van der Waals surface area (Å²) in [5.74, 6) is -1.94. The highest BCUT2D eigenvalue weighted by atomic mass is 16.4. The van der Waals surface area contributed by atoms with Crippen molar-refractivity contribution in [1.82, 2.24) is 10.3 Å². The maximum atomic E-state index is 11.4. The summed E-state index contributed by atoms with van der Waals surface area (Å²) in [5, 5.41) is 13.6. The quantitative estimate of drug-likeness (QED) is 0.596. The summed E-state index contributed by atoms with van der Waals surface area (Å²) in [6.45, 7) is 2.68. The van der Waals surface area contributed by atoms with E-state index < -0.39 is 11.9 Å². The number of nitrogens with one attached hydrogen (secondary N) is 3. The van der Waals surface area contributed by atoms with E-state index in [-0.39, 0.29) is 23.7 Å². The van der Waals surface area contributed by atoms with Gasteiger partial charge in [-0.3, -0.25) is 9.59 Å². The van der Waals surface area contributed by atoms with Crippen LogP contribution in [-0.2, 0) is 9.59 Å². The highest BCUT2D eigenvalue weighted by molar-refractivity contribution is 6.02. The minimum Gasteiger partial charge on any atom is -0.478 e. The molecule has 0 fully saturated rings. The normalized spacial score (nSPS) is 9.76. The molecule has 0 saturated carbocycles. The van der Waals surface area contributed by atoms with Crippen LogP contribution in [0.4, 0.5) is 5.69 Å². The first-order chi connectivity index (χ1) is 7.91. The van der Waals surface area contributed by atoms with Crippen molar-refractivity contribution in [3.05, 3.63) is 17.5 Å². The van der Waals surface area contributed by atoms with Crippen LogP contribution in [0.25, 0.3) is 0 Å². The first kappa shape index (κ1) is 12.8. The van der Waals surface area contributed by atoms with Crippen molar-refractivity contribution >= 4 is 23.5 Å². The largest absolute Gasteiger partial charge is 0.478 e. The standard InChI is InChI=1S/C10H13N3O4/c1-5-9(10(16)17)7(3-11-5)13-8(15)4-12-6(2)14/h3,11H,4H2,1-2H3,(H,12,14)(H,13,15)(H,16,17). The number of anilines is 1. The summed E-state index contributed by atoms with van der Waals surface area (Å²) in [7, 11) is 0. The number of carbonyl (C=O) groups excluding carboxylic acids is 2.